The number of carbonyl (C=O) groups excluding carboxylic acids is 2. The van der Waals surface area contributed by atoms with E-state index >= 15 is 0 Å². The highest BCUT2D eigenvalue weighted by atomic mass is 32.2. The van der Waals surface area contributed by atoms with Crippen LogP contribution in [-0.2, 0) is 28.9 Å². The Balaban J connectivity index is 1.54. The van der Waals surface area contributed by atoms with E-state index in [9.17, 15) is 18.4 Å². The molecule has 0 saturated heterocycles. The molecule has 0 bridgehead atoms. The summed E-state index contributed by atoms with van der Waals surface area (Å²) in [5.74, 6) is 0.134. The monoisotopic (exact) mass is 487 g/mol. The first-order valence-electron chi connectivity index (χ1n) is 10.8. The van der Waals surface area contributed by atoms with Crippen LogP contribution in [0.2, 0.25) is 0 Å². The van der Waals surface area contributed by atoms with Crippen molar-refractivity contribution < 1.29 is 18.4 Å². The smallest absolute Gasteiger partial charge is 0.163 e. The summed E-state index contributed by atoms with van der Waals surface area (Å²) in [6, 6.07) is 7.94. The Kier molecular flexibility index (Phi) is 9.04. The zero-order valence-corrected chi connectivity index (χ0v) is 20.2. The van der Waals surface area contributed by atoms with Gasteiger partial charge in [-0.3, -0.25) is 13.8 Å². The molecule has 2 atom stereocenters. The van der Waals surface area contributed by atoms with Crippen molar-refractivity contribution in [3.63, 3.8) is 0 Å². The zero-order chi connectivity index (χ0) is 23.8. The predicted octanol–water partition coefficient (Wildman–Crippen LogP) is 4.15. The summed E-state index contributed by atoms with van der Waals surface area (Å²) in [6.07, 6.45) is 4.56. The molecule has 0 aliphatic carbocycles. The number of rotatable bonds is 13. The van der Waals surface area contributed by atoms with E-state index in [2.05, 4.69) is 26.5 Å². The van der Waals surface area contributed by atoms with Crippen LogP contribution in [0.1, 0.15) is 60.8 Å². The van der Waals surface area contributed by atoms with Crippen molar-refractivity contribution in [2.45, 2.75) is 52.0 Å². The highest BCUT2D eigenvalue weighted by Gasteiger charge is 2.25. The number of aryl methyl sites for hydroxylation is 2. The number of nitrogens with one attached hydrogen (secondary N) is 1. The molecule has 0 fully saturated rings. The highest BCUT2D eigenvalue weighted by Crippen LogP contribution is 2.22. The molecule has 33 heavy (non-hydrogen) atoms. The fourth-order valence-corrected chi connectivity index (χ4v) is 4.68. The van der Waals surface area contributed by atoms with E-state index in [1.807, 2.05) is 19.2 Å². The topological polar surface area (TPSA) is 117 Å². The van der Waals surface area contributed by atoms with E-state index in [1.165, 1.54) is 17.7 Å². The number of carbonyl (C=O) groups is 2. The molecule has 8 nitrogen and oxygen atoms in total. The summed E-state index contributed by atoms with van der Waals surface area (Å²) in [7, 11) is 0. The first kappa shape index (κ1) is 24.9. The Bertz CT molecular complexity index is 1080. The summed E-state index contributed by atoms with van der Waals surface area (Å²) in [4.78, 5) is 25.4. The maximum atomic E-state index is 12.9. The maximum Gasteiger partial charge on any atom is 0.163 e. The third-order valence-electron chi connectivity index (χ3n) is 5.29. The summed E-state index contributed by atoms with van der Waals surface area (Å²) in [5, 5.41) is 12.5. The number of benzene rings is 1. The molecule has 3 rings (SSSR count). The minimum absolute atomic E-state index is 0.0744. The molecule has 3 aromatic rings. The third kappa shape index (κ3) is 7.41. The largest absolute Gasteiger partial charge is 0.755 e. The quantitative estimate of drug-likeness (QED) is 0.286. The van der Waals surface area contributed by atoms with Gasteiger partial charge in [-0.1, -0.05) is 19.1 Å². The lowest BCUT2D eigenvalue weighted by Crippen LogP contribution is -2.25. The third-order valence-corrected chi connectivity index (χ3v) is 6.42. The molecule has 1 unspecified atom stereocenters. The first-order chi connectivity index (χ1) is 15.8. The standard InChI is InChI=1S/C23H28N4O4S2/c1-16(2)23(22(29)5-3-4-17-12-13-32-15-17)27-14-20(24-26-27)10-11-21(28)18-6-8-19(9-7-18)25-33(30)31/h6-9,12-16,23,25H,3-5,10-11H2,1-2H3,(H,30,31)/p-1/t23-/m0/s1. The van der Waals surface area contributed by atoms with Gasteiger partial charge in [-0.25, -0.2) is 4.68 Å². The van der Waals surface area contributed by atoms with Crippen molar-refractivity contribution in [2.24, 2.45) is 5.92 Å². The van der Waals surface area contributed by atoms with Crippen LogP contribution >= 0.6 is 11.3 Å². The summed E-state index contributed by atoms with van der Waals surface area (Å²) >= 11 is -0.746. The zero-order valence-electron chi connectivity index (χ0n) is 18.6. The second-order valence-electron chi connectivity index (χ2n) is 8.17. The van der Waals surface area contributed by atoms with Gasteiger partial charge in [0.05, 0.1) is 5.69 Å². The fourth-order valence-electron chi connectivity index (χ4n) is 3.64. The molecule has 0 radical (unpaired) electrons. The molecule has 0 amide bonds. The molecule has 2 aromatic heterocycles. The molecule has 1 aromatic carbocycles. The van der Waals surface area contributed by atoms with Crippen LogP contribution in [0.15, 0.2) is 47.3 Å². The van der Waals surface area contributed by atoms with E-state index in [4.69, 9.17) is 0 Å². The minimum Gasteiger partial charge on any atom is -0.755 e. The van der Waals surface area contributed by atoms with Crippen LogP contribution < -0.4 is 4.72 Å². The van der Waals surface area contributed by atoms with Gasteiger partial charge in [0.1, 0.15) is 6.04 Å². The number of aromatic nitrogens is 3. The van der Waals surface area contributed by atoms with Crippen LogP contribution in [0, 0.1) is 5.92 Å². The Morgan fingerprint density at radius 1 is 1.15 bits per heavy atom. The summed E-state index contributed by atoms with van der Waals surface area (Å²) in [6.45, 7) is 3.99. The number of Topliss-reactive ketones (excluding diaryl/α,β-unsaturated/α-hetero) is 2. The predicted molar refractivity (Wildman–Crippen MR) is 128 cm³/mol. The van der Waals surface area contributed by atoms with Crippen molar-refractivity contribution in [3.8, 4) is 0 Å². The van der Waals surface area contributed by atoms with E-state index in [-0.39, 0.29) is 29.9 Å². The average Bonchev–Trinajstić information content (AvgIpc) is 3.44. The SMILES string of the molecule is CC(C)[C@@H](C(=O)CCCc1ccsc1)n1cc(CCC(=O)c2ccc(NS(=O)[O-])cc2)nn1. The van der Waals surface area contributed by atoms with Crippen molar-refractivity contribution in [1.29, 1.82) is 0 Å². The Morgan fingerprint density at radius 3 is 2.55 bits per heavy atom. The van der Waals surface area contributed by atoms with Gasteiger partial charge in [-0.05, 0) is 65.4 Å². The highest BCUT2D eigenvalue weighted by molar-refractivity contribution is 7.80. The van der Waals surface area contributed by atoms with Crippen molar-refractivity contribution in [2.75, 3.05) is 4.72 Å². The molecule has 10 heteroatoms. The van der Waals surface area contributed by atoms with Gasteiger partial charge >= 0.3 is 0 Å². The molecule has 0 spiro atoms. The first-order valence-corrected chi connectivity index (χ1v) is 12.8. The lowest BCUT2D eigenvalue weighted by molar-refractivity contribution is -0.123. The Hall–Kier alpha value is -2.69. The molecule has 0 aliphatic heterocycles. The van der Waals surface area contributed by atoms with Gasteiger partial charge in [0, 0.05) is 48.0 Å². The number of thiophene rings is 1. The summed E-state index contributed by atoms with van der Waals surface area (Å²) in [5.41, 5.74) is 2.79. The number of hydrogen-bond acceptors (Lipinski definition) is 7. The number of ketones is 2. The minimum atomic E-state index is -2.41. The molecule has 176 valence electrons. The van der Waals surface area contributed by atoms with Crippen LogP contribution in [0.4, 0.5) is 5.69 Å². The van der Waals surface area contributed by atoms with Crippen LogP contribution in [0.5, 0.6) is 0 Å². The molecule has 0 aliphatic rings. The number of anilines is 1. The van der Waals surface area contributed by atoms with Crippen molar-refractivity contribution in [3.05, 3.63) is 64.1 Å². The number of hydrogen-bond donors (Lipinski definition) is 1. The average molecular weight is 488 g/mol. The lowest BCUT2D eigenvalue weighted by Gasteiger charge is -2.19. The van der Waals surface area contributed by atoms with Gasteiger partial charge in [0.15, 0.2) is 11.6 Å². The van der Waals surface area contributed by atoms with E-state index in [0.717, 1.165) is 12.8 Å². The molecule has 1 N–H and O–H groups in total. The van der Waals surface area contributed by atoms with Crippen LogP contribution in [-0.4, -0.2) is 35.3 Å². The van der Waals surface area contributed by atoms with Gasteiger partial charge in [0.25, 0.3) is 0 Å². The molecular weight excluding hydrogens is 460 g/mol. The van der Waals surface area contributed by atoms with Gasteiger partial charge in [-0.2, -0.15) is 11.3 Å². The molecule has 2 heterocycles. The Morgan fingerprint density at radius 2 is 1.91 bits per heavy atom. The van der Waals surface area contributed by atoms with E-state index in [1.54, 1.807) is 34.3 Å². The number of nitrogens with zero attached hydrogens (tertiary/aromatic N) is 3. The summed E-state index contributed by atoms with van der Waals surface area (Å²) < 4.78 is 25.2. The van der Waals surface area contributed by atoms with E-state index < -0.39 is 11.3 Å². The lowest BCUT2D eigenvalue weighted by atomic mass is 9.96. The molecular formula is C23H27N4O4S2-. The maximum absolute atomic E-state index is 12.9. The van der Waals surface area contributed by atoms with Crippen molar-refractivity contribution in [1.82, 2.24) is 15.0 Å². The van der Waals surface area contributed by atoms with Crippen LogP contribution in [0.3, 0.4) is 0 Å². The van der Waals surface area contributed by atoms with Gasteiger partial charge in [0.2, 0.25) is 0 Å². The normalized spacial score (nSPS) is 13.1. The van der Waals surface area contributed by atoms with Crippen molar-refractivity contribution >= 4 is 39.9 Å². The second kappa shape index (κ2) is 12.0. The molecule has 0 saturated carbocycles. The second-order valence-corrected chi connectivity index (χ2v) is 9.62. The van der Waals surface area contributed by atoms with Gasteiger partial charge in [-0.15, -0.1) is 5.10 Å². The van der Waals surface area contributed by atoms with Gasteiger partial charge < -0.3 is 9.27 Å². The fraction of sp³-hybridized carbons (Fsp3) is 0.391. The van der Waals surface area contributed by atoms with Crippen LogP contribution in [0.25, 0.3) is 0 Å². The Labute approximate surface area is 199 Å². The van der Waals surface area contributed by atoms with E-state index in [0.29, 0.717) is 29.8 Å².